The smallest absolute Gasteiger partial charge is 0.0109 e. The molecule has 22 heavy (non-hydrogen) atoms. The summed E-state index contributed by atoms with van der Waals surface area (Å²) in [7, 11) is 4.38. The number of unbranched alkanes of at least 4 members (excludes halogenated alkanes) is 10. The number of hydrogen-bond acceptors (Lipinski definition) is 2. The zero-order chi connectivity index (χ0) is 16.5. The highest BCUT2D eigenvalue weighted by molar-refractivity contribution is 4.61. The summed E-state index contributed by atoms with van der Waals surface area (Å²) in [4.78, 5) is 5.02. The lowest BCUT2D eigenvalue weighted by Gasteiger charge is -2.24. The Morgan fingerprint density at radius 3 is 1.27 bits per heavy atom. The van der Waals surface area contributed by atoms with Crippen LogP contribution in [0.15, 0.2) is 0 Å². The Kier molecular flexibility index (Phi) is 17.2. The standard InChI is InChI=1S/C20H44N2/c1-5-7-9-11-13-15-17-22(20-19-21(3)4)18-16-14-12-10-8-6-2/h5-20H2,1-4H3. The lowest BCUT2D eigenvalue weighted by Crippen LogP contribution is -2.33. The van der Waals surface area contributed by atoms with E-state index < -0.39 is 0 Å². The second-order valence-electron chi connectivity index (χ2n) is 7.18. The number of rotatable bonds is 17. The number of hydrogen-bond donors (Lipinski definition) is 0. The molecule has 0 bridgehead atoms. The van der Waals surface area contributed by atoms with Crippen molar-refractivity contribution in [1.29, 1.82) is 0 Å². The minimum atomic E-state index is 1.20. The van der Waals surface area contributed by atoms with E-state index in [2.05, 4.69) is 37.7 Å². The lowest BCUT2D eigenvalue weighted by atomic mass is 10.1. The first kappa shape index (κ1) is 21.9. The molecule has 0 fully saturated rings. The molecule has 2 heteroatoms. The largest absolute Gasteiger partial charge is 0.308 e. The SMILES string of the molecule is CCCCCCCCN(CCCCCCCC)CCN(C)C. The van der Waals surface area contributed by atoms with Crippen LogP contribution >= 0.6 is 0 Å². The van der Waals surface area contributed by atoms with Crippen LogP contribution in [-0.2, 0) is 0 Å². The highest BCUT2D eigenvalue weighted by Crippen LogP contribution is 2.09. The van der Waals surface area contributed by atoms with Gasteiger partial charge in [-0.1, -0.05) is 78.1 Å². The van der Waals surface area contributed by atoms with Crippen LogP contribution in [0.2, 0.25) is 0 Å². The van der Waals surface area contributed by atoms with E-state index in [-0.39, 0.29) is 0 Å². The van der Waals surface area contributed by atoms with Gasteiger partial charge in [-0.25, -0.2) is 0 Å². The van der Waals surface area contributed by atoms with Gasteiger partial charge in [-0.05, 0) is 40.0 Å². The van der Waals surface area contributed by atoms with Crippen LogP contribution in [0.3, 0.4) is 0 Å². The summed E-state index contributed by atoms with van der Waals surface area (Å²) in [6.45, 7) is 9.67. The fourth-order valence-electron chi connectivity index (χ4n) is 2.91. The summed E-state index contributed by atoms with van der Waals surface area (Å²) >= 11 is 0. The normalized spacial score (nSPS) is 11.7. The van der Waals surface area contributed by atoms with Gasteiger partial charge in [0.15, 0.2) is 0 Å². The molecule has 0 saturated heterocycles. The monoisotopic (exact) mass is 312 g/mol. The second-order valence-corrected chi connectivity index (χ2v) is 7.18. The van der Waals surface area contributed by atoms with E-state index in [9.17, 15) is 0 Å². The van der Waals surface area contributed by atoms with Crippen molar-refractivity contribution >= 4 is 0 Å². The molecule has 0 aromatic carbocycles. The minimum Gasteiger partial charge on any atom is -0.308 e. The number of likely N-dealkylation sites (N-methyl/N-ethyl adjacent to an activating group) is 1. The predicted octanol–water partition coefficient (Wildman–Crippen LogP) is 5.57. The quantitative estimate of drug-likeness (QED) is 0.324. The summed E-state index contributed by atoms with van der Waals surface area (Å²) in [5, 5.41) is 0. The molecule has 0 heterocycles. The van der Waals surface area contributed by atoms with Crippen LogP contribution < -0.4 is 0 Å². The molecule has 0 aromatic heterocycles. The highest BCUT2D eigenvalue weighted by atomic mass is 15.2. The average molecular weight is 313 g/mol. The molecule has 134 valence electrons. The second kappa shape index (κ2) is 17.3. The van der Waals surface area contributed by atoms with E-state index >= 15 is 0 Å². The van der Waals surface area contributed by atoms with Crippen molar-refractivity contribution in [2.75, 3.05) is 40.3 Å². The summed E-state index contributed by atoms with van der Waals surface area (Å²) in [6.07, 6.45) is 16.9. The molecule has 0 spiro atoms. The van der Waals surface area contributed by atoms with Crippen LogP contribution in [0.25, 0.3) is 0 Å². The molecule has 0 aliphatic heterocycles. The van der Waals surface area contributed by atoms with Crippen molar-refractivity contribution < 1.29 is 0 Å². The lowest BCUT2D eigenvalue weighted by molar-refractivity contribution is 0.231. The Morgan fingerprint density at radius 2 is 0.864 bits per heavy atom. The molecule has 0 aromatic rings. The van der Waals surface area contributed by atoms with Crippen molar-refractivity contribution in [3.8, 4) is 0 Å². The summed E-state index contributed by atoms with van der Waals surface area (Å²) in [5.74, 6) is 0. The van der Waals surface area contributed by atoms with E-state index in [4.69, 9.17) is 0 Å². The maximum Gasteiger partial charge on any atom is 0.0109 e. The minimum absolute atomic E-state index is 1.20. The van der Waals surface area contributed by atoms with Crippen LogP contribution in [0, 0.1) is 0 Å². The zero-order valence-corrected chi connectivity index (χ0v) is 16.2. The van der Waals surface area contributed by atoms with E-state index in [1.165, 1.54) is 103 Å². The highest BCUT2D eigenvalue weighted by Gasteiger charge is 2.05. The summed E-state index contributed by atoms with van der Waals surface area (Å²) in [6, 6.07) is 0. The Labute approximate surface area is 141 Å². The van der Waals surface area contributed by atoms with Gasteiger partial charge in [0.25, 0.3) is 0 Å². The van der Waals surface area contributed by atoms with Crippen molar-refractivity contribution in [1.82, 2.24) is 9.80 Å². The third kappa shape index (κ3) is 16.3. The van der Waals surface area contributed by atoms with Gasteiger partial charge >= 0.3 is 0 Å². The summed E-state index contributed by atoms with van der Waals surface area (Å²) in [5.41, 5.74) is 0. The number of nitrogens with zero attached hydrogens (tertiary/aromatic N) is 2. The summed E-state index contributed by atoms with van der Waals surface area (Å²) < 4.78 is 0. The van der Waals surface area contributed by atoms with Crippen molar-refractivity contribution in [2.45, 2.75) is 90.9 Å². The Hall–Kier alpha value is -0.0800. The van der Waals surface area contributed by atoms with E-state index in [1.54, 1.807) is 0 Å². The first-order valence-electron chi connectivity index (χ1n) is 10.1. The predicted molar refractivity (Wildman–Crippen MR) is 102 cm³/mol. The Balaban J connectivity index is 3.70. The molecule has 0 unspecified atom stereocenters. The van der Waals surface area contributed by atoms with Crippen LogP contribution in [0.4, 0.5) is 0 Å². The molecule has 0 aliphatic rings. The van der Waals surface area contributed by atoms with Crippen molar-refractivity contribution in [3.63, 3.8) is 0 Å². The first-order chi connectivity index (χ1) is 10.7. The Morgan fingerprint density at radius 1 is 0.455 bits per heavy atom. The molecule has 0 N–H and O–H groups in total. The van der Waals surface area contributed by atoms with Crippen LogP contribution in [0.1, 0.15) is 90.9 Å². The molecule has 0 amide bonds. The van der Waals surface area contributed by atoms with Crippen LogP contribution in [-0.4, -0.2) is 50.1 Å². The molecule has 2 nitrogen and oxygen atoms in total. The maximum absolute atomic E-state index is 2.71. The fourth-order valence-corrected chi connectivity index (χ4v) is 2.91. The van der Waals surface area contributed by atoms with Gasteiger partial charge in [0.1, 0.15) is 0 Å². The van der Waals surface area contributed by atoms with Crippen LogP contribution in [0.5, 0.6) is 0 Å². The van der Waals surface area contributed by atoms with Gasteiger partial charge in [-0.15, -0.1) is 0 Å². The van der Waals surface area contributed by atoms with Gasteiger partial charge < -0.3 is 9.80 Å². The van der Waals surface area contributed by atoms with Gasteiger partial charge in [0.2, 0.25) is 0 Å². The molecule has 0 saturated carbocycles. The van der Waals surface area contributed by atoms with E-state index in [0.717, 1.165) is 0 Å². The van der Waals surface area contributed by atoms with Crippen molar-refractivity contribution in [2.24, 2.45) is 0 Å². The maximum atomic E-state index is 2.71. The van der Waals surface area contributed by atoms with Gasteiger partial charge in [0.05, 0.1) is 0 Å². The molecule has 0 atom stereocenters. The molecule has 0 aliphatic carbocycles. The zero-order valence-electron chi connectivity index (χ0n) is 16.2. The van der Waals surface area contributed by atoms with E-state index in [0.29, 0.717) is 0 Å². The molecule has 0 radical (unpaired) electrons. The fraction of sp³-hybridized carbons (Fsp3) is 1.00. The Bertz CT molecular complexity index is 188. The van der Waals surface area contributed by atoms with Gasteiger partial charge in [-0.3, -0.25) is 0 Å². The first-order valence-corrected chi connectivity index (χ1v) is 10.1. The molecule has 0 rings (SSSR count). The molecular formula is C20H44N2. The van der Waals surface area contributed by atoms with E-state index in [1.807, 2.05) is 0 Å². The van der Waals surface area contributed by atoms with Gasteiger partial charge in [-0.2, -0.15) is 0 Å². The third-order valence-corrected chi connectivity index (χ3v) is 4.52. The average Bonchev–Trinajstić information content (AvgIpc) is 2.50. The molecular weight excluding hydrogens is 268 g/mol. The third-order valence-electron chi connectivity index (χ3n) is 4.52. The topological polar surface area (TPSA) is 6.48 Å². The van der Waals surface area contributed by atoms with Crippen molar-refractivity contribution in [3.05, 3.63) is 0 Å². The van der Waals surface area contributed by atoms with Gasteiger partial charge in [0, 0.05) is 13.1 Å².